The van der Waals surface area contributed by atoms with Gasteiger partial charge in [-0.15, -0.1) is 0 Å². The maximum atomic E-state index is 12.6. The first kappa shape index (κ1) is 22.9. The van der Waals surface area contributed by atoms with Crippen LogP contribution in [0.3, 0.4) is 0 Å². The van der Waals surface area contributed by atoms with Gasteiger partial charge >= 0.3 is 6.09 Å². The van der Waals surface area contributed by atoms with E-state index in [2.05, 4.69) is 66.2 Å². The Balaban J connectivity index is 1.64. The van der Waals surface area contributed by atoms with Crippen molar-refractivity contribution in [1.82, 2.24) is 14.9 Å². The summed E-state index contributed by atoms with van der Waals surface area (Å²) in [5.41, 5.74) is 5.74. The van der Waals surface area contributed by atoms with E-state index in [-0.39, 0.29) is 12.1 Å². The molecule has 3 heterocycles. The molecule has 1 saturated heterocycles. The summed E-state index contributed by atoms with van der Waals surface area (Å²) in [5.74, 6) is 1.46. The van der Waals surface area contributed by atoms with Gasteiger partial charge < -0.3 is 14.6 Å². The quantitative estimate of drug-likeness (QED) is 0.550. The van der Waals surface area contributed by atoms with E-state index in [1.165, 1.54) is 36.0 Å². The molecule has 0 unspecified atom stereocenters. The van der Waals surface area contributed by atoms with E-state index < -0.39 is 0 Å². The summed E-state index contributed by atoms with van der Waals surface area (Å²) < 4.78 is 7.66. The van der Waals surface area contributed by atoms with E-state index in [1.807, 2.05) is 0 Å². The van der Waals surface area contributed by atoms with E-state index in [1.54, 1.807) is 4.90 Å². The van der Waals surface area contributed by atoms with Gasteiger partial charge in [-0.25, -0.2) is 9.78 Å². The molecule has 3 aromatic rings. The van der Waals surface area contributed by atoms with Crippen molar-refractivity contribution in [2.24, 2.45) is 0 Å². The van der Waals surface area contributed by atoms with Crippen molar-refractivity contribution >= 4 is 22.8 Å². The SMILES string of the molecule is COC(=O)N1c2ccc3c(nc([C@@H](C)Cc4ccccc4)n3[C@H]3CCCNCC3)c2CC[C@@H]1C. The molecule has 2 aromatic carbocycles. The average Bonchev–Trinajstić information content (AvgIpc) is 3.04. The van der Waals surface area contributed by atoms with Crippen LogP contribution in [0.5, 0.6) is 0 Å². The topological polar surface area (TPSA) is 59.4 Å². The van der Waals surface area contributed by atoms with Crippen molar-refractivity contribution in [3.8, 4) is 0 Å². The first-order chi connectivity index (χ1) is 16.6. The lowest BCUT2D eigenvalue weighted by Crippen LogP contribution is -2.42. The molecule has 5 rings (SSSR count). The van der Waals surface area contributed by atoms with E-state index in [0.717, 1.165) is 56.4 Å². The second kappa shape index (κ2) is 9.79. The highest BCUT2D eigenvalue weighted by molar-refractivity contribution is 5.95. The predicted molar refractivity (Wildman–Crippen MR) is 137 cm³/mol. The number of fused-ring (bicyclic) bond motifs is 3. The molecule has 1 aromatic heterocycles. The Morgan fingerprint density at radius 2 is 1.97 bits per heavy atom. The van der Waals surface area contributed by atoms with Crippen molar-refractivity contribution in [1.29, 1.82) is 0 Å². The lowest BCUT2D eigenvalue weighted by atomic mass is 9.95. The van der Waals surface area contributed by atoms with Crippen LogP contribution >= 0.6 is 0 Å². The number of nitrogens with one attached hydrogen (secondary N) is 1. The Labute approximate surface area is 202 Å². The highest BCUT2D eigenvalue weighted by atomic mass is 16.5. The molecule has 6 nitrogen and oxygen atoms in total. The predicted octanol–water partition coefficient (Wildman–Crippen LogP) is 5.60. The van der Waals surface area contributed by atoms with Crippen LogP contribution in [0.4, 0.5) is 10.5 Å². The molecule has 2 aliphatic heterocycles. The van der Waals surface area contributed by atoms with Crippen LogP contribution in [0.25, 0.3) is 11.0 Å². The number of ether oxygens (including phenoxy) is 1. The number of anilines is 1. The number of carbonyl (C=O) groups is 1. The van der Waals surface area contributed by atoms with Crippen molar-refractivity contribution in [3.05, 3.63) is 59.4 Å². The molecule has 3 atom stereocenters. The van der Waals surface area contributed by atoms with Crippen LogP contribution in [0.15, 0.2) is 42.5 Å². The van der Waals surface area contributed by atoms with Crippen molar-refractivity contribution in [2.45, 2.75) is 70.4 Å². The fourth-order valence-electron chi connectivity index (χ4n) is 5.84. The normalized spacial score (nSPS) is 21.7. The van der Waals surface area contributed by atoms with Gasteiger partial charge in [0.15, 0.2) is 0 Å². The highest BCUT2D eigenvalue weighted by Crippen LogP contribution is 2.39. The van der Waals surface area contributed by atoms with E-state index in [9.17, 15) is 4.79 Å². The number of nitrogens with zero attached hydrogens (tertiary/aromatic N) is 3. The summed E-state index contributed by atoms with van der Waals surface area (Å²) >= 11 is 0. The van der Waals surface area contributed by atoms with Gasteiger partial charge in [0, 0.05) is 23.6 Å². The molecule has 0 saturated carbocycles. The fourth-order valence-corrected chi connectivity index (χ4v) is 5.84. The third-order valence-electron chi connectivity index (χ3n) is 7.59. The third-order valence-corrected chi connectivity index (χ3v) is 7.59. The second-order valence-electron chi connectivity index (χ2n) is 9.92. The first-order valence-corrected chi connectivity index (χ1v) is 12.7. The summed E-state index contributed by atoms with van der Waals surface area (Å²) in [6.45, 7) is 6.51. The molecule has 34 heavy (non-hydrogen) atoms. The van der Waals surface area contributed by atoms with Crippen LogP contribution in [-0.2, 0) is 17.6 Å². The van der Waals surface area contributed by atoms with Gasteiger partial charge in [0.25, 0.3) is 0 Å². The Kier molecular flexibility index (Phi) is 6.59. The fraction of sp³-hybridized carbons (Fsp3) is 0.500. The van der Waals surface area contributed by atoms with Crippen LogP contribution in [0.1, 0.15) is 68.4 Å². The molecule has 0 spiro atoms. The number of carbonyl (C=O) groups excluding carboxylic acids is 1. The van der Waals surface area contributed by atoms with E-state index in [0.29, 0.717) is 12.0 Å². The van der Waals surface area contributed by atoms with E-state index in [4.69, 9.17) is 9.72 Å². The number of rotatable bonds is 4. The van der Waals surface area contributed by atoms with Gasteiger partial charge in [0.2, 0.25) is 0 Å². The number of methoxy groups -OCH3 is 1. The summed E-state index contributed by atoms with van der Waals surface area (Å²) in [6, 6.07) is 15.6. The van der Waals surface area contributed by atoms with Crippen LogP contribution in [0.2, 0.25) is 0 Å². The molecule has 6 heteroatoms. The number of benzene rings is 2. The van der Waals surface area contributed by atoms with Crippen molar-refractivity contribution < 1.29 is 9.53 Å². The zero-order valence-electron chi connectivity index (χ0n) is 20.6. The molecule has 0 radical (unpaired) electrons. The number of hydrogen-bond donors (Lipinski definition) is 1. The Hall–Kier alpha value is -2.86. The minimum Gasteiger partial charge on any atom is -0.452 e. The Bertz CT molecular complexity index is 1150. The molecular formula is C28H36N4O2. The van der Waals surface area contributed by atoms with Crippen molar-refractivity contribution in [3.63, 3.8) is 0 Å². The van der Waals surface area contributed by atoms with Crippen LogP contribution < -0.4 is 10.2 Å². The van der Waals surface area contributed by atoms with Gasteiger partial charge in [0.1, 0.15) is 5.82 Å². The summed E-state index contributed by atoms with van der Waals surface area (Å²) in [5, 5.41) is 3.56. The molecular weight excluding hydrogens is 424 g/mol. The standard InChI is InChI=1S/C28H36N4O2/c1-19(18-21-8-5-4-6-9-21)27-30-26-23-12-11-20(2)31(28(33)34-3)24(23)13-14-25(26)32(27)22-10-7-16-29-17-15-22/h4-6,8-9,13-14,19-20,22,29H,7,10-12,15-18H2,1-3H3/t19-,20-,22-/m0/s1. The molecule has 2 aliphatic rings. The Morgan fingerprint density at radius 3 is 2.76 bits per heavy atom. The number of hydrogen-bond acceptors (Lipinski definition) is 4. The lowest BCUT2D eigenvalue weighted by Gasteiger charge is -2.34. The zero-order chi connectivity index (χ0) is 23.7. The second-order valence-corrected chi connectivity index (χ2v) is 9.92. The highest BCUT2D eigenvalue weighted by Gasteiger charge is 2.32. The summed E-state index contributed by atoms with van der Waals surface area (Å²) in [7, 11) is 1.46. The average molecular weight is 461 g/mol. The van der Waals surface area contributed by atoms with E-state index >= 15 is 0 Å². The van der Waals surface area contributed by atoms with Crippen LogP contribution in [0, 0.1) is 0 Å². The molecule has 1 N–H and O–H groups in total. The summed E-state index contributed by atoms with van der Waals surface area (Å²) in [6.07, 6.45) is 5.95. The van der Waals surface area contributed by atoms with Gasteiger partial charge in [-0.3, -0.25) is 4.90 Å². The van der Waals surface area contributed by atoms with Crippen LogP contribution in [-0.4, -0.2) is 41.9 Å². The number of imidazole rings is 1. The molecule has 0 aliphatic carbocycles. The smallest absolute Gasteiger partial charge is 0.414 e. The molecule has 180 valence electrons. The third kappa shape index (κ3) is 4.20. The molecule has 0 bridgehead atoms. The first-order valence-electron chi connectivity index (χ1n) is 12.7. The number of aryl methyl sites for hydroxylation is 1. The number of amides is 1. The monoisotopic (exact) mass is 460 g/mol. The maximum absolute atomic E-state index is 12.6. The summed E-state index contributed by atoms with van der Waals surface area (Å²) in [4.78, 5) is 19.8. The molecule has 1 amide bonds. The zero-order valence-corrected chi connectivity index (χ0v) is 20.6. The minimum absolute atomic E-state index is 0.115. The number of aromatic nitrogens is 2. The largest absolute Gasteiger partial charge is 0.452 e. The minimum atomic E-state index is -0.292. The molecule has 1 fully saturated rings. The maximum Gasteiger partial charge on any atom is 0.414 e. The lowest BCUT2D eigenvalue weighted by molar-refractivity contribution is 0.175. The van der Waals surface area contributed by atoms with Gasteiger partial charge in [-0.1, -0.05) is 37.3 Å². The van der Waals surface area contributed by atoms with Gasteiger partial charge in [0.05, 0.1) is 23.8 Å². The van der Waals surface area contributed by atoms with Gasteiger partial charge in [-0.05, 0) is 76.2 Å². The Morgan fingerprint density at radius 1 is 1.15 bits per heavy atom. The van der Waals surface area contributed by atoms with Gasteiger partial charge in [-0.2, -0.15) is 0 Å². The van der Waals surface area contributed by atoms with Crippen molar-refractivity contribution in [2.75, 3.05) is 25.1 Å².